The summed E-state index contributed by atoms with van der Waals surface area (Å²) >= 11 is 0. The second-order valence-electron chi connectivity index (χ2n) is 4.43. The highest BCUT2D eigenvalue weighted by atomic mass is 16.5. The second kappa shape index (κ2) is 4.78. The predicted molar refractivity (Wildman–Crippen MR) is 75.5 cm³/mol. The third kappa shape index (κ3) is 2.04. The van der Waals surface area contributed by atoms with Crippen molar-refractivity contribution in [1.82, 2.24) is 20.2 Å². The van der Waals surface area contributed by atoms with Crippen LogP contribution in [-0.2, 0) is 0 Å². The van der Waals surface area contributed by atoms with Gasteiger partial charge in [0.05, 0.1) is 6.20 Å². The Morgan fingerprint density at radius 2 is 2.10 bits per heavy atom. The van der Waals surface area contributed by atoms with E-state index in [-0.39, 0.29) is 5.95 Å². The van der Waals surface area contributed by atoms with Gasteiger partial charge in [0.15, 0.2) is 5.65 Å². The Balaban J connectivity index is 2.10. The van der Waals surface area contributed by atoms with Crippen LogP contribution in [-0.4, -0.2) is 20.2 Å². The van der Waals surface area contributed by atoms with E-state index < -0.39 is 0 Å². The molecule has 0 aliphatic heterocycles. The number of aromatic nitrogens is 4. The van der Waals surface area contributed by atoms with E-state index in [0.29, 0.717) is 16.9 Å². The van der Waals surface area contributed by atoms with Crippen LogP contribution in [0.25, 0.3) is 11.0 Å². The number of nitrogens with zero attached hydrogens (tertiary/aromatic N) is 3. The van der Waals surface area contributed by atoms with Crippen molar-refractivity contribution in [2.24, 2.45) is 5.84 Å². The van der Waals surface area contributed by atoms with Crippen molar-refractivity contribution in [3.05, 3.63) is 35.5 Å². The van der Waals surface area contributed by atoms with Gasteiger partial charge < -0.3 is 4.74 Å². The molecule has 4 N–H and O–H groups in total. The third-order valence-electron chi connectivity index (χ3n) is 3.17. The normalized spacial score (nSPS) is 10.8. The quantitative estimate of drug-likeness (QED) is 0.497. The van der Waals surface area contributed by atoms with Gasteiger partial charge in [-0.3, -0.25) is 10.5 Å². The van der Waals surface area contributed by atoms with E-state index in [0.717, 1.165) is 16.9 Å². The number of nitrogen functional groups attached to an aromatic ring is 1. The monoisotopic (exact) mass is 270 g/mol. The summed E-state index contributed by atoms with van der Waals surface area (Å²) in [6.07, 6.45) is 1.62. The molecule has 3 aromatic rings. The lowest BCUT2D eigenvalue weighted by atomic mass is 10.1. The van der Waals surface area contributed by atoms with Crippen LogP contribution in [0, 0.1) is 13.8 Å². The molecule has 0 spiro atoms. The Morgan fingerprint density at radius 1 is 1.25 bits per heavy atom. The summed E-state index contributed by atoms with van der Waals surface area (Å²) in [5, 5.41) is 7.41. The van der Waals surface area contributed by atoms with Gasteiger partial charge in [-0.2, -0.15) is 15.1 Å². The summed E-state index contributed by atoms with van der Waals surface area (Å²) in [4.78, 5) is 8.38. The zero-order chi connectivity index (χ0) is 14.1. The number of aryl methyl sites for hydroxylation is 1. The second-order valence-corrected chi connectivity index (χ2v) is 4.43. The lowest BCUT2D eigenvalue weighted by molar-refractivity contribution is 0.465. The number of fused-ring (bicyclic) bond motifs is 1. The molecule has 102 valence electrons. The number of nitrogens with two attached hydrogens (primary N) is 1. The first kappa shape index (κ1) is 12.4. The van der Waals surface area contributed by atoms with Crippen molar-refractivity contribution in [1.29, 1.82) is 0 Å². The van der Waals surface area contributed by atoms with Crippen molar-refractivity contribution in [3.8, 4) is 11.6 Å². The molecular weight excluding hydrogens is 256 g/mol. The third-order valence-corrected chi connectivity index (χ3v) is 3.17. The molecule has 0 atom stereocenters. The number of rotatable bonds is 3. The van der Waals surface area contributed by atoms with E-state index in [9.17, 15) is 0 Å². The summed E-state index contributed by atoms with van der Waals surface area (Å²) in [6.45, 7) is 4.03. The topological polar surface area (TPSA) is 102 Å². The molecule has 0 aliphatic rings. The molecule has 1 aromatic carbocycles. The van der Waals surface area contributed by atoms with E-state index in [1.807, 2.05) is 32.0 Å². The standard InChI is InChI=1S/C13H14N6O/c1-7-4-3-5-10(8(7)2)20-12-9-6-15-19-11(9)16-13(17-12)18-14/h3-6H,14H2,1-2H3,(H2,15,16,17,18,19). The highest BCUT2D eigenvalue weighted by molar-refractivity contribution is 5.80. The van der Waals surface area contributed by atoms with Crippen LogP contribution >= 0.6 is 0 Å². The van der Waals surface area contributed by atoms with Crippen molar-refractivity contribution in [2.45, 2.75) is 13.8 Å². The molecule has 0 amide bonds. The minimum Gasteiger partial charge on any atom is -0.438 e. The first-order chi connectivity index (χ1) is 9.69. The van der Waals surface area contributed by atoms with Gasteiger partial charge in [-0.15, -0.1) is 0 Å². The van der Waals surface area contributed by atoms with Gasteiger partial charge in [-0.1, -0.05) is 12.1 Å². The van der Waals surface area contributed by atoms with Gasteiger partial charge in [-0.25, -0.2) is 5.84 Å². The molecular formula is C13H14N6O. The number of nitrogens with one attached hydrogen (secondary N) is 2. The van der Waals surface area contributed by atoms with Crippen molar-refractivity contribution < 1.29 is 4.74 Å². The fourth-order valence-electron chi connectivity index (χ4n) is 1.89. The molecule has 2 aromatic heterocycles. The van der Waals surface area contributed by atoms with Gasteiger partial charge in [0.2, 0.25) is 11.8 Å². The van der Waals surface area contributed by atoms with Crippen molar-refractivity contribution >= 4 is 17.0 Å². The summed E-state index contributed by atoms with van der Waals surface area (Å²) < 4.78 is 5.90. The number of hydrazine groups is 1. The minimum absolute atomic E-state index is 0.266. The smallest absolute Gasteiger partial charge is 0.242 e. The first-order valence-electron chi connectivity index (χ1n) is 6.11. The molecule has 0 saturated carbocycles. The highest BCUT2D eigenvalue weighted by Crippen LogP contribution is 2.30. The Bertz CT molecular complexity index is 767. The van der Waals surface area contributed by atoms with Gasteiger partial charge in [0, 0.05) is 0 Å². The van der Waals surface area contributed by atoms with Crippen LogP contribution in [0.1, 0.15) is 11.1 Å². The fourth-order valence-corrected chi connectivity index (χ4v) is 1.89. The molecule has 0 unspecified atom stereocenters. The van der Waals surface area contributed by atoms with E-state index in [1.165, 1.54) is 0 Å². The summed E-state index contributed by atoms with van der Waals surface area (Å²) in [5.74, 6) is 6.78. The molecule has 0 saturated heterocycles. The largest absolute Gasteiger partial charge is 0.438 e. The lowest BCUT2D eigenvalue weighted by Gasteiger charge is -2.10. The van der Waals surface area contributed by atoms with E-state index in [4.69, 9.17) is 10.6 Å². The van der Waals surface area contributed by atoms with Gasteiger partial charge in [-0.05, 0) is 31.0 Å². The summed E-state index contributed by atoms with van der Waals surface area (Å²) in [7, 11) is 0. The molecule has 7 heteroatoms. The van der Waals surface area contributed by atoms with Crippen LogP contribution in [0.5, 0.6) is 11.6 Å². The molecule has 0 bridgehead atoms. The van der Waals surface area contributed by atoms with Gasteiger partial charge in [0.1, 0.15) is 11.1 Å². The number of hydrogen-bond donors (Lipinski definition) is 3. The molecule has 7 nitrogen and oxygen atoms in total. The molecule has 0 fully saturated rings. The Labute approximate surface area is 115 Å². The van der Waals surface area contributed by atoms with E-state index in [1.54, 1.807) is 6.20 Å². The minimum atomic E-state index is 0.266. The predicted octanol–water partition coefficient (Wildman–Crippen LogP) is 2.05. The number of aromatic amines is 1. The Morgan fingerprint density at radius 3 is 2.90 bits per heavy atom. The zero-order valence-corrected chi connectivity index (χ0v) is 11.1. The summed E-state index contributed by atoms with van der Waals surface area (Å²) in [6, 6.07) is 5.86. The molecule has 2 heterocycles. The lowest BCUT2D eigenvalue weighted by Crippen LogP contribution is -2.11. The van der Waals surface area contributed by atoms with Crippen LogP contribution in [0.3, 0.4) is 0 Å². The molecule has 20 heavy (non-hydrogen) atoms. The van der Waals surface area contributed by atoms with Crippen molar-refractivity contribution in [3.63, 3.8) is 0 Å². The maximum absolute atomic E-state index is 5.90. The average Bonchev–Trinajstić information content (AvgIpc) is 2.92. The number of H-pyrrole nitrogens is 1. The summed E-state index contributed by atoms with van der Waals surface area (Å²) in [5.41, 5.74) is 5.18. The van der Waals surface area contributed by atoms with Crippen LogP contribution in [0.15, 0.2) is 24.4 Å². The maximum Gasteiger partial charge on any atom is 0.242 e. The first-order valence-corrected chi connectivity index (χ1v) is 6.11. The number of benzene rings is 1. The number of ether oxygens (including phenoxy) is 1. The van der Waals surface area contributed by atoms with E-state index >= 15 is 0 Å². The van der Waals surface area contributed by atoms with Gasteiger partial charge in [0.25, 0.3) is 0 Å². The van der Waals surface area contributed by atoms with Crippen LogP contribution in [0.2, 0.25) is 0 Å². The Kier molecular flexibility index (Phi) is 2.96. The highest BCUT2D eigenvalue weighted by Gasteiger charge is 2.12. The van der Waals surface area contributed by atoms with Crippen molar-refractivity contribution in [2.75, 3.05) is 5.43 Å². The van der Waals surface area contributed by atoms with Crippen LogP contribution < -0.4 is 16.0 Å². The van der Waals surface area contributed by atoms with Gasteiger partial charge >= 0.3 is 0 Å². The Hall–Kier alpha value is -2.67. The number of anilines is 1. The van der Waals surface area contributed by atoms with Crippen LogP contribution in [0.4, 0.5) is 5.95 Å². The van der Waals surface area contributed by atoms with E-state index in [2.05, 4.69) is 25.6 Å². The fraction of sp³-hybridized carbons (Fsp3) is 0.154. The maximum atomic E-state index is 5.90. The number of hydrogen-bond acceptors (Lipinski definition) is 6. The molecule has 0 radical (unpaired) electrons. The zero-order valence-electron chi connectivity index (χ0n) is 11.1. The molecule has 0 aliphatic carbocycles. The SMILES string of the molecule is Cc1cccc(Oc2nc(NN)nc3[nH]ncc23)c1C. The average molecular weight is 270 g/mol. The molecule has 3 rings (SSSR count).